The van der Waals surface area contributed by atoms with E-state index in [0.29, 0.717) is 6.54 Å². The number of amides is 1. The maximum atomic E-state index is 12.3. The van der Waals surface area contributed by atoms with E-state index in [0.717, 1.165) is 69.8 Å². The summed E-state index contributed by atoms with van der Waals surface area (Å²) in [5, 5.41) is 4.85. The standard InChI is InChI=1S/C22H25ClN4OS/c1-15-4-3-5-17(14-15)21(28)24-8-9-26-10-12-27(13-11-26)22-25-19-16(2)6-7-18(23)20(19)29-22/h3-7,14H,8-13H2,1-2H3,(H,24,28). The van der Waals surface area contributed by atoms with Gasteiger partial charge in [0.25, 0.3) is 5.91 Å². The van der Waals surface area contributed by atoms with Crippen molar-refractivity contribution in [3.8, 4) is 0 Å². The zero-order chi connectivity index (χ0) is 20.4. The van der Waals surface area contributed by atoms with Gasteiger partial charge in [-0.3, -0.25) is 9.69 Å². The Morgan fingerprint density at radius 1 is 1.17 bits per heavy atom. The topological polar surface area (TPSA) is 48.5 Å². The van der Waals surface area contributed by atoms with Crippen LogP contribution in [-0.2, 0) is 0 Å². The van der Waals surface area contributed by atoms with E-state index in [4.69, 9.17) is 16.6 Å². The van der Waals surface area contributed by atoms with Crippen LogP contribution in [0.1, 0.15) is 21.5 Å². The minimum Gasteiger partial charge on any atom is -0.351 e. The summed E-state index contributed by atoms with van der Waals surface area (Å²) < 4.78 is 1.07. The zero-order valence-corrected chi connectivity index (χ0v) is 18.3. The number of piperazine rings is 1. The molecular formula is C22H25ClN4OS. The molecule has 1 aliphatic rings. The van der Waals surface area contributed by atoms with Crippen molar-refractivity contribution in [1.29, 1.82) is 0 Å². The van der Waals surface area contributed by atoms with E-state index in [-0.39, 0.29) is 5.91 Å². The largest absolute Gasteiger partial charge is 0.351 e. The smallest absolute Gasteiger partial charge is 0.251 e. The summed E-state index contributed by atoms with van der Waals surface area (Å²) in [6.45, 7) is 9.37. The van der Waals surface area contributed by atoms with E-state index in [1.807, 2.05) is 43.3 Å². The lowest BCUT2D eigenvalue weighted by atomic mass is 10.1. The molecule has 0 spiro atoms. The first-order valence-electron chi connectivity index (χ1n) is 9.89. The Balaban J connectivity index is 1.28. The molecule has 1 saturated heterocycles. The first-order valence-corrected chi connectivity index (χ1v) is 11.1. The number of anilines is 1. The molecule has 1 aromatic heterocycles. The highest BCUT2D eigenvalue weighted by molar-refractivity contribution is 7.22. The number of fused-ring (bicyclic) bond motifs is 1. The Kier molecular flexibility index (Phi) is 6.04. The highest BCUT2D eigenvalue weighted by Gasteiger charge is 2.21. The van der Waals surface area contributed by atoms with E-state index in [2.05, 4.69) is 22.0 Å². The Morgan fingerprint density at radius 3 is 2.69 bits per heavy atom. The number of hydrogen-bond donors (Lipinski definition) is 1. The van der Waals surface area contributed by atoms with Crippen molar-refractivity contribution in [1.82, 2.24) is 15.2 Å². The Labute approximate surface area is 180 Å². The van der Waals surface area contributed by atoms with Crippen LogP contribution >= 0.6 is 22.9 Å². The number of thiazole rings is 1. The van der Waals surface area contributed by atoms with E-state index < -0.39 is 0 Å². The molecule has 0 radical (unpaired) electrons. The number of halogens is 1. The van der Waals surface area contributed by atoms with Gasteiger partial charge in [0.15, 0.2) is 5.13 Å². The molecule has 3 aromatic rings. The number of carbonyl (C=O) groups excluding carboxylic acids is 1. The molecule has 4 rings (SSSR count). The van der Waals surface area contributed by atoms with Crippen LogP contribution < -0.4 is 10.2 Å². The van der Waals surface area contributed by atoms with Gasteiger partial charge in [-0.2, -0.15) is 0 Å². The molecule has 1 N–H and O–H groups in total. The molecule has 1 aliphatic heterocycles. The number of carbonyl (C=O) groups is 1. The number of rotatable bonds is 5. The normalized spacial score (nSPS) is 15.1. The van der Waals surface area contributed by atoms with Crippen LogP contribution in [0.3, 0.4) is 0 Å². The lowest BCUT2D eigenvalue weighted by Crippen LogP contribution is -2.48. The van der Waals surface area contributed by atoms with Gasteiger partial charge >= 0.3 is 0 Å². The Morgan fingerprint density at radius 2 is 1.97 bits per heavy atom. The number of aryl methyl sites for hydroxylation is 2. The monoisotopic (exact) mass is 428 g/mol. The van der Waals surface area contributed by atoms with Crippen molar-refractivity contribution in [2.24, 2.45) is 0 Å². The highest BCUT2D eigenvalue weighted by atomic mass is 35.5. The van der Waals surface area contributed by atoms with Crippen LogP contribution in [0.5, 0.6) is 0 Å². The van der Waals surface area contributed by atoms with Crippen LogP contribution in [-0.4, -0.2) is 55.1 Å². The minimum atomic E-state index is -0.00550. The zero-order valence-electron chi connectivity index (χ0n) is 16.7. The maximum absolute atomic E-state index is 12.3. The number of hydrogen-bond acceptors (Lipinski definition) is 5. The second-order valence-electron chi connectivity index (χ2n) is 7.49. The first-order chi connectivity index (χ1) is 14.0. The van der Waals surface area contributed by atoms with Crippen molar-refractivity contribution >= 4 is 44.2 Å². The van der Waals surface area contributed by atoms with Gasteiger partial charge < -0.3 is 10.2 Å². The second kappa shape index (κ2) is 8.69. The molecule has 0 unspecified atom stereocenters. The maximum Gasteiger partial charge on any atom is 0.251 e. The summed E-state index contributed by atoms with van der Waals surface area (Å²) in [7, 11) is 0. The summed E-state index contributed by atoms with van der Waals surface area (Å²) in [5.74, 6) is -0.00550. The Bertz CT molecular complexity index is 988. The third-order valence-electron chi connectivity index (χ3n) is 5.32. The van der Waals surface area contributed by atoms with E-state index in [1.54, 1.807) is 11.3 Å². The van der Waals surface area contributed by atoms with Crippen LogP contribution in [0.25, 0.3) is 10.2 Å². The summed E-state index contributed by atoms with van der Waals surface area (Å²) in [5.41, 5.74) is 3.99. The average molecular weight is 429 g/mol. The summed E-state index contributed by atoms with van der Waals surface area (Å²) in [4.78, 5) is 21.8. The predicted molar refractivity (Wildman–Crippen MR) is 122 cm³/mol. The van der Waals surface area contributed by atoms with Gasteiger partial charge in [-0.15, -0.1) is 0 Å². The molecular weight excluding hydrogens is 404 g/mol. The molecule has 1 amide bonds. The minimum absolute atomic E-state index is 0.00550. The molecule has 0 aliphatic carbocycles. The van der Waals surface area contributed by atoms with Gasteiger partial charge in [0.2, 0.25) is 0 Å². The molecule has 2 aromatic carbocycles. The second-order valence-corrected chi connectivity index (χ2v) is 8.88. The van der Waals surface area contributed by atoms with Crippen molar-refractivity contribution < 1.29 is 4.79 Å². The van der Waals surface area contributed by atoms with Gasteiger partial charge in [-0.1, -0.05) is 46.7 Å². The van der Waals surface area contributed by atoms with Crippen LogP contribution in [0.4, 0.5) is 5.13 Å². The fourth-order valence-corrected chi connectivity index (χ4v) is 4.97. The lowest BCUT2D eigenvalue weighted by Gasteiger charge is -2.34. The van der Waals surface area contributed by atoms with Gasteiger partial charge in [0, 0.05) is 44.8 Å². The number of benzene rings is 2. The molecule has 2 heterocycles. The van der Waals surface area contributed by atoms with Crippen LogP contribution in [0.2, 0.25) is 5.02 Å². The quantitative estimate of drug-likeness (QED) is 0.664. The number of nitrogens with zero attached hydrogens (tertiary/aromatic N) is 3. The third kappa shape index (κ3) is 4.55. The number of nitrogens with one attached hydrogen (secondary N) is 1. The third-order valence-corrected chi connectivity index (χ3v) is 6.90. The van der Waals surface area contributed by atoms with E-state index >= 15 is 0 Å². The Hall–Kier alpha value is -2.15. The van der Waals surface area contributed by atoms with Crippen molar-refractivity contribution in [2.75, 3.05) is 44.2 Å². The molecule has 5 nitrogen and oxygen atoms in total. The first kappa shape index (κ1) is 20.1. The molecule has 0 atom stereocenters. The number of aromatic nitrogens is 1. The van der Waals surface area contributed by atoms with Crippen LogP contribution in [0, 0.1) is 13.8 Å². The average Bonchev–Trinajstić information content (AvgIpc) is 3.18. The highest BCUT2D eigenvalue weighted by Crippen LogP contribution is 2.35. The summed E-state index contributed by atoms with van der Waals surface area (Å²) in [6, 6.07) is 11.7. The van der Waals surface area contributed by atoms with Crippen molar-refractivity contribution in [3.05, 3.63) is 58.1 Å². The molecule has 29 heavy (non-hydrogen) atoms. The van der Waals surface area contributed by atoms with E-state index in [1.165, 1.54) is 0 Å². The fourth-order valence-electron chi connectivity index (χ4n) is 3.60. The van der Waals surface area contributed by atoms with Crippen molar-refractivity contribution in [3.63, 3.8) is 0 Å². The van der Waals surface area contributed by atoms with Gasteiger partial charge in [0.1, 0.15) is 0 Å². The predicted octanol–water partition coefficient (Wildman–Crippen LogP) is 4.12. The SMILES string of the molecule is Cc1cccc(C(=O)NCCN2CCN(c3nc4c(C)ccc(Cl)c4s3)CC2)c1. The van der Waals surface area contributed by atoms with Crippen molar-refractivity contribution in [2.45, 2.75) is 13.8 Å². The molecule has 1 fully saturated rings. The molecule has 152 valence electrons. The van der Waals surface area contributed by atoms with Crippen LogP contribution in [0.15, 0.2) is 36.4 Å². The van der Waals surface area contributed by atoms with E-state index in [9.17, 15) is 4.79 Å². The fraction of sp³-hybridized carbons (Fsp3) is 0.364. The van der Waals surface area contributed by atoms with Gasteiger partial charge in [-0.25, -0.2) is 4.98 Å². The molecule has 7 heteroatoms. The van der Waals surface area contributed by atoms with Gasteiger partial charge in [0.05, 0.1) is 15.2 Å². The summed E-state index contributed by atoms with van der Waals surface area (Å²) >= 11 is 8.02. The molecule has 0 saturated carbocycles. The molecule has 0 bridgehead atoms. The summed E-state index contributed by atoms with van der Waals surface area (Å²) in [6.07, 6.45) is 0. The van der Waals surface area contributed by atoms with Gasteiger partial charge in [-0.05, 0) is 37.6 Å². The lowest BCUT2D eigenvalue weighted by molar-refractivity contribution is 0.0947.